The van der Waals surface area contributed by atoms with Crippen LogP contribution in [-0.4, -0.2) is 52.1 Å². The van der Waals surface area contributed by atoms with Crippen LogP contribution >= 0.6 is 12.4 Å². The zero-order valence-electron chi connectivity index (χ0n) is 22.9. The number of piperidine rings is 1. The number of anilines is 2. The van der Waals surface area contributed by atoms with E-state index in [9.17, 15) is 13.6 Å². The number of benzene rings is 2. The minimum atomic E-state index is -0.621. The number of rotatable bonds is 6. The predicted octanol–water partition coefficient (Wildman–Crippen LogP) is 6.07. The van der Waals surface area contributed by atoms with Gasteiger partial charge in [0.1, 0.15) is 11.6 Å². The second-order valence-electron chi connectivity index (χ2n) is 11.5. The molecular formula is C30H38ClF2N5O. The zero-order chi connectivity index (χ0) is 26.9. The van der Waals surface area contributed by atoms with Crippen LogP contribution in [0.3, 0.4) is 0 Å². The highest BCUT2D eigenvalue weighted by Gasteiger charge is 2.43. The summed E-state index contributed by atoms with van der Waals surface area (Å²) in [6.07, 6.45) is 7.22. The first-order valence-electron chi connectivity index (χ1n) is 13.6. The maximum absolute atomic E-state index is 14.8. The van der Waals surface area contributed by atoms with E-state index >= 15 is 0 Å². The number of carbonyl (C=O) groups is 1. The molecule has 1 aromatic heterocycles. The summed E-state index contributed by atoms with van der Waals surface area (Å²) in [5.41, 5.74) is 2.58. The van der Waals surface area contributed by atoms with Crippen molar-refractivity contribution >= 4 is 29.9 Å². The Labute approximate surface area is 235 Å². The number of hydrogen-bond acceptors (Lipinski definition) is 4. The van der Waals surface area contributed by atoms with Crippen LogP contribution in [0.4, 0.5) is 20.4 Å². The Morgan fingerprint density at radius 3 is 2.51 bits per heavy atom. The van der Waals surface area contributed by atoms with Gasteiger partial charge in [-0.05, 0) is 63.3 Å². The third-order valence-corrected chi connectivity index (χ3v) is 7.95. The van der Waals surface area contributed by atoms with Gasteiger partial charge in [0.05, 0.1) is 12.5 Å². The molecular weight excluding hydrogens is 520 g/mol. The van der Waals surface area contributed by atoms with Crippen molar-refractivity contribution in [2.45, 2.75) is 58.0 Å². The number of para-hydroxylation sites is 1. The van der Waals surface area contributed by atoms with Crippen LogP contribution in [0, 0.1) is 17.6 Å². The van der Waals surface area contributed by atoms with E-state index in [1.165, 1.54) is 42.6 Å². The molecule has 1 amide bonds. The number of nitrogens with one attached hydrogen (secondary N) is 1. The van der Waals surface area contributed by atoms with Gasteiger partial charge in [-0.25, -0.2) is 13.8 Å². The molecule has 39 heavy (non-hydrogen) atoms. The molecule has 2 atom stereocenters. The molecule has 2 saturated heterocycles. The van der Waals surface area contributed by atoms with Crippen molar-refractivity contribution in [3.05, 3.63) is 77.6 Å². The summed E-state index contributed by atoms with van der Waals surface area (Å²) in [6, 6.07) is 12.0. The highest BCUT2D eigenvalue weighted by atomic mass is 35.5. The van der Waals surface area contributed by atoms with Crippen LogP contribution in [0.15, 0.2) is 54.9 Å². The number of hydrogen-bond donors (Lipinski definition) is 1. The lowest BCUT2D eigenvalue weighted by molar-refractivity contribution is -0.120. The Kier molecular flexibility index (Phi) is 8.96. The lowest BCUT2D eigenvalue weighted by Crippen LogP contribution is -2.40. The molecule has 5 rings (SSSR count). The van der Waals surface area contributed by atoms with Crippen molar-refractivity contribution in [2.75, 3.05) is 36.4 Å². The fourth-order valence-corrected chi connectivity index (χ4v) is 5.77. The van der Waals surface area contributed by atoms with Gasteiger partial charge in [0.15, 0.2) is 0 Å². The van der Waals surface area contributed by atoms with Gasteiger partial charge in [0.2, 0.25) is 11.9 Å². The first-order valence-corrected chi connectivity index (χ1v) is 13.6. The largest absolute Gasteiger partial charge is 0.371 e. The number of carbonyl (C=O) groups excluding carboxylic acids is 1. The van der Waals surface area contributed by atoms with E-state index in [0.29, 0.717) is 31.1 Å². The van der Waals surface area contributed by atoms with Crippen LogP contribution in [0.5, 0.6) is 0 Å². The van der Waals surface area contributed by atoms with Crippen molar-refractivity contribution in [2.24, 2.45) is 5.92 Å². The quantitative estimate of drug-likeness (QED) is 0.399. The Bertz CT molecular complexity index is 1280. The van der Waals surface area contributed by atoms with Crippen LogP contribution < -0.4 is 10.2 Å². The molecule has 0 bridgehead atoms. The lowest BCUT2D eigenvalue weighted by Gasteiger charge is -2.31. The molecule has 0 saturated carbocycles. The van der Waals surface area contributed by atoms with Crippen molar-refractivity contribution in [1.82, 2.24) is 14.5 Å². The summed E-state index contributed by atoms with van der Waals surface area (Å²) < 4.78 is 30.4. The van der Waals surface area contributed by atoms with Crippen molar-refractivity contribution in [1.29, 1.82) is 0 Å². The molecule has 210 valence electrons. The Hall–Kier alpha value is -2.97. The number of amides is 1. The van der Waals surface area contributed by atoms with Crippen molar-refractivity contribution in [3.63, 3.8) is 0 Å². The molecule has 9 heteroatoms. The highest BCUT2D eigenvalue weighted by Crippen LogP contribution is 2.38. The highest BCUT2D eigenvalue weighted by molar-refractivity contribution is 5.92. The number of nitrogens with zero attached hydrogens (tertiary/aromatic N) is 4. The minimum Gasteiger partial charge on any atom is -0.371 e. The molecule has 2 fully saturated rings. The van der Waals surface area contributed by atoms with Gasteiger partial charge >= 0.3 is 0 Å². The fraction of sp³-hybridized carbons (Fsp3) is 0.467. The van der Waals surface area contributed by atoms with Crippen LogP contribution in [-0.2, 0) is 11.3 Å². The zero-order valence-corrected chi connectivity index (χ0v) is 23.7. The van der Waals surface area contributed by atoms with E-state index < -0.39 is 23.5 Å². The van der Waals surface area contributed by atoms with Crippen molar-refractivity contribution < 1.29 is 13.6 Å². The number of imidazole rings is 1. The predicted molar refractivity (Wildman–Crippen MR) is 154 cm³/mol. The topological polar surface area (TPSA) is 53.4 Å². The van der Waals surface area contributed by atoms with E-state index in [0.717, 1.165) is 19.2 Å². The normalized spacial score (nSPS) is 20.1. The molecule has 1 N–H and O–H groups in total. The molecule has 2 aliphatic heterocycles. The SMILES string of the molecule is CC(C)(C)N1C[C@@H](C(=O)Nc2nccn2Cc2ccccc2N2CCCCC2)[C@H](c2ccc(F)cc2F)C1.Cl. The standard InChI is InChI=1S/C30H37F2N5O.ClH/c1-30(2,3)37-19-24(23-12-11-22(31)17-26(23)32)25(20-37)28(38)34-29-33-13-16-36(29)18-21-9-5-6-10-27(21)35-14-7-4-8-15-35;/h5-6,9-13,16-17,24-25H,4,7-8,14-15,18-20H2,1-3H3,(H,33,34,38);1H/t24-,25+;/m0./s1. The van der Waals surface area contributed by atoms with Gasteiger partial charge in [-0.15, -0.1) is 12.4 Å². The number of likely N-dealkylation sites (tertiary alicyclic amines) is 1. The third kappa shape index (κ3) is 6.44. The van der Waals surface area contributed by atoms with Crippen LogP contribution in [0.2, 0.25) is 0 Å². The summed E-state index contributed by atoms with van der Waals surface area (Å²) >= 11 is 0. The fourth-order valence-electron chi connectivity index (χ4n) is 5.77. The third-order valence-electron chi connectivity index (χ3n) is 7.95. The van der Waals surface area contributed by atoms with Crippen LogP contribution in [0.25, 0.3) is 0 Å². The average Bonchev–Trinajstić information content (AvgIpc) is 3.52. The van der Waals surface area contributed by atoms with E-state index in [1.54, 1.807) is 6.20 Å². The summed E-state index contributed by atoms with van der Waals surface area (Å²) in [7, 11) is 0. The van der Waals surface area contributed by atoms with Gasteiger partial charge in [0, 0.05) is 61.8 Å². The Balaban J connectivity index is 0.00000353. The molecule has 3 aromatic rings. The number of halogens is 3. The molecule has 0 aliphatic carbocycles. The van der Waals surface area contributed by atoms with E-state index in [1.807, 2.05) is 16.8 Å². The first-order chi connectivity index (χ1) is 18.2. The average molecular weight is 558 g/mol. The summed E-state index contributed by atoms with van der Waals surface area (Å²) in [6.45, 7) is 9.93. The second kappa shape index (κ2) is 12.0. The Morgan fingerprint density at radius 2 is 1.79 bits per heavy atom. The molecule has 2 aliphatic rings. The van der Waals surface area contributed by atoms with E-state index in [-0.39, 0.29) is 23.9 Å². The van der Waals surface area contributed by atoms with Gasteiger partial charge in [-0.3, -0.25) is 15.0 Å². The van der Waals surface area contributed by atoms with Gasteiger partial charge < -0.3 is 9.47 Å². The number of aromatic nitrogens is 2. The second-order valence-corrected chi connectivity index (χ2v) is 11.5. The first kappa shape index (κ1) is 29.0. The summed E-state index contributed by atoms with van der Waals surface area (Å²) in [4.78, 5) is 22.7. The molecule has 3 heterocycles. The minimum absolute atomic E-state index is 0. The molecule has 0 radical (unpaired) electrons. The van der Waals surface area contributed by atoms with Crippen LogP contribution in [0.1, 0.15) is 57.1 Å². The molecule has 6 nitrogen and oxygen atoms in total. The van der Waals surface area contributed by atoms with Gasteiger partial charge in [0.25, 0.3) is 0 Å². The molecule has 2 aromatic carbocycles. The molecule has 0 unspecified atom stereocenters. The monoisotopic (exact) mass is 557 g/mol. The summed E-state index contributed by atoms with van der Waals surface area (Å²) in [5.74, 6) is -1.86. The van der Waals surface area contributed by atoms with E-state index in [2.05, 4.69) is 59.1 Å². The Morgan fingerprint density at radius 1 is 1.05 bits per heavy atom. The van der Waals surface area contributed by atoms with Gasteiger partial charge in [-0.1, -0.05) is 24.3 Å². The smallest absolute Gasteiger partial charge is 0.231 e. The maximum atomic E-state index is 14.8. The lowest BCUT2D eigenvalue weighted by atomic mass is 9.88. The maximum Gasteiger partial charge on any atom is 0.231 e. The molecule has 0 spiro atoms. The van der Waals surface area contributed by atoms with E-state index in [4.69, 9.17) is 0 Å². The van der Waals surface area contributed by atoms with Gasteiger partial charge in [-0.2, -0.15) is 0 Å². The van der Waals surface area contributed by atoms with Crippen molar-refractivity contribution in [3.8, 4) is 0 Å². The summed E-state index contributed by atoms with van der Waals surface area (Å²) in [5, 5.41) is 3.03.